The third kappa shape index (κ3) is 5.02. The average molecular weight is 549 g/mol. The van der Waals surface area contributed by atoms with Crippen LogP contribution in [0.15, 0.2) is 93.6 Å². The summed E-state index contributed by atoms with van der Waals surface area (Å²) in [6.07, 6.45) is 1.48. The fourth-order valence-electron chi connectivity index (χ4n) is 4.14. The van der Waals surface area contributed by atoms with Crippen molar-refractivity contribution in [2.24, 2.45) is 5.10 Å². The summed E-state index contributed by atoms with van der Waals surface area (Å²) < 4.78 is 12.4. The van der Waals surface area contributed by atoms with Gasteiger partial charge in [0.1, 0.15) is 23.1 Å². The number of hydrogen-bond donors (Lipinski definition) is 0. The minimum atomic E-state index is -0.784. The third-order valence-corrected chi connectivity index (χ3v) is 6.28. The van der Waals surface area contributed by atoms with E-state index >= 15 is 0 Å². The van der Waals surface area contributed by atoms with Gasteiger partial charge in [-0.1, -0.05) is 0 Å². The minimum Gasteiger partial charge on any atom is -0.497 e. The molecule has 0 saturated heterocycles. The first kappa shape index (κ1) is 26.5. The summed E-state index contributed by atoms with van der Waals surface area (Å²) >= 11 is 0. The van der Waals surface area contributed by atoms with Crippen LogP contribution in [0.5, 0.6) is 11.5 Å². The van der Waals surface area contributed by atoms with Crippen LogP contribution in [-0.4, -0.2) is 39.8 Å². The van der Waals surface area contributed by atoms with Crippen molar-refractivity contribution in [2.75, 3.05) is 14.2 Å². The Morgan fingerprint density at radius 3 is 2.10 bits per heavy atom. The van der Waals surface area contributed by atoms with Crippen LogP contribution in [0.2, 0.25) is 0 Å². The van der Waals surface area contributed by atoms with Crippen LogP contribution >= 0.6 is 0 Å². The lowest BCUT2D eigenvalue weighted by Gasteiger charge is -2.13. The highest BCUT2D eigenvalue weighted by Gasteiger charge is 2.20. The number of fused-ring (bicyclic) bond motifs is 1. The van der Waals surface area contributed by atoms with Crippen molar-refractivity contribution in [2.45, 2.75) is 0 Å². The van der Waals surface area contributed by atoms with Gasteiger partial charge in [-0.15, -0.1) is 0 Å². The number of pyridine rings is 1. The summed E-state index contributed by atoms with van der Waals surface area (Å²) in [4.78, 5) is 37.7. The average Bonchev–Trinajstić information content (AvgIpc) is 3.00. The largest absolute Gasteiger partial charge is 0.497 e. The standard InChI is InChI=1S/C29H20N6O6/c1-40-22-11-3-18(4-12-22)17-31-34-26(19-5-13-23(41-2)14-6-19)15-24-25(16-30)28(36)33(32-27(24)29(34)37)20-7-9-21(10-8-20)35(38)39/h3-15,17H,1-2H3/b31-17+. The van der Waals surface area contributed by atoms with Gasteiger partial charge in [-0.2, -0.15) is 24.8 Å². The van der Waals surface area contributed by atoms with Crippen molar-refractivity contribution < 1.29 is 14.4 Å². The molecule has 2 heterocycles. The van der Waals surface area contributed by atoms with E-state index in [1.165, 1.54) is 43.7 Å². The molecule has 3 aromatic carbocycles. The van der Waals surface area contributed by atoms with Gasteiger partial charge in [0.15, 0.2) is 5.52 Å². The second-order valence-electron chi connectivity index (χ2n) is 8.63. The van der Waals surface area contributed by atoms with Crippen molar-refractivity contribution in [3.05, 3.63) is 121 Å². The van der Waals surface area contributed by atoms with Crippen LogP contribution in [0.3, 0.4) is 0 Å². The Kier molecular flexibility index (Phi) is 7.08. The van der Waals surface area contributed by atoms with Gasteiger partial charge < -0.3 is 9.47 Å². The maximum absolute atomic E-state index is 13.9. The molecule has 202 valence electrons. The molecule has 0 fully saturated rings. The monoisotopic (exact) mass is 548 g/mol. The molecule has 5 aromatic rings. The van der Waals surface area contributed by atoms with E-state index in [1.807, 2.05) is 6.07 Å². The molecule has 0 aliphatic carbocycles. The number of non-ortho nitro benzene ring substituents is 1. The number of nitro groups is 1. The Morgan fingerprint density at radius 1 is 0.927 bits per heavy atom. The van der Waals surface area contributed by atoms with E-state index < -0.39 is 16.0 Å². The lowest BCUT2D eigenvalue weighted by Crippen LogP contribution is -2.29. The van der Waals surface area contributed by atoms with Crippen molar-refractivity contribution in [3.8, 4) is 34.5 Å². The smallest absolute Gasteiger partial charge is 0.299 e. The lowest BCUT2D eigenvalue weighted by atomic mass is 10.1. The quantitative estimate of drug-likeness (QED) is 0.169. The highest BCUT2D eigenvalue weighted by molar-refractivity contribution is 5.87. The summed E-state index contributed by atoms with van der Waals surface area (Å²) in [7, 11) is 3.08. The second kappa shape index (κ2) is 11.0. The van der Waals surface area contributed by atoms with Crippen molar-refractivity contribution in [3.63, 3.8) is 0 Å². The molecule has 0 aliphatic heterocycles. The van der Waals surface area contributed by atoms with E-state index in [0.717, 1.165) is 9.36 Å². The first-order chi connectivity index (χ1) is 19.8. The normalized spacial score (nSPS) is 11.0. The maximum atomic E-state index is 13.9. The fraction of sp³-hybridized carbons (Fsp3) is 0.0690. The van der Waals surface area contributed by atoms with Gasteiger partial charge in [0.25, 0.3) is 16.8 Å². The topological polar surface area (TPSA) is 155 Å². The summed E-state index contributed by atoms with van der Waals surface area (Å²) in [6.45, 7) is 0. The second-order valence-corrected chi connectivity index (χ2v) is 8.63. The minimum absolute atomic E-state index is 0.0439. The van der Waals surface area contributed by atoms with Crippen molar-refractivity contribution in [1.82, 2.24) is 14.5 Å². The van der Waals surface area contributed by atoms with Gasteiger partial charge in [0.05, 0.1) is 36.7 Å². The number of ether oxygens (including phenoxy) is 2. The fourth-order valence-corrected chi connectivity index (χ4v) is 4.14. The van der Waals surface area contributed by atoms with Crippen LogP contribution in [-0.2, 0) is 0 Å². The molecule has 12 nitrogen and oxygen atoms in total. The molecular weight excluding hydrogens is 528 g/mol. The van der Waals surface area contributed by atoms with Gasteiger partial charge >= 0.3 is 0 Å². The zero-order valence-electron chi connectivity index (χ0n) is 21.7. The molecule has 0 unspecified atom stereocenters. The summed E-state index contributed by atoms with van der Waals surface area (Å²) in [5.74, 6) is 1.25. The van der Waals surface area contributed by atoms with Crippen molar-refractivity contribution >= 4 is 22.8 Å². The Bertz CT molecular complexity index is 1970. The number of nitrogens with zero attached hydrogens (tertiary/aromatic N) is 6. The zero-order valence-corrected chi connectivity index (χ0v) is 21.7. The number of aromatic nitrogens is 3. The molecule has 0 atom stereocenters. The van der Waals surface area contributed by atoms with Gasteiger partial charge in [0.2, 0.25) is 0 Å². The molecular formula is C29H20N6O6. The summed E-state index contributed by atoms with van der Waals surface area (Å²) in [5, 5.41) is 29.8. The first-order valence-corrected chi connectivity index (χ1v) is 12.1. The van der Waals surface area contributed by atoms with E-state index in [2.05, 4.69) is 10.2 Å². The summed E-state index contributed by atoms with van der Waals surface area (Å²) in [5.41, 5.74) is -0.469. The number of benzene rings is 3. The number of methoxy groups -OCH3 is 2. The third-order valence-electron chi connectivity index (χ3n) is 6.28. The van der Waals surface area contributed by atoms with E-state index in [9.17, 15) is 25.0 Å². The van der Waals surface area contributed by atoms with E-state index in [0.29, 0.717) is 28.3 Å². The first-order valence-electron chi connectivity index (χ1n) is 12.1. The highest BCUT2D eigenvalue weighted by atomic mass is 16.6. The number of hydrogen-bond acceptors (Lipinski definition) is 9. The number of nitriles is 1. The molecule has 12 heteroatoms. The Labute approximate surface area is 231 Å². The van der Waals surface area contributed by atoms with E-state index in [4.69, 9.17) is 9.47 Å². The molecule has 0 aliphatic rings. The SMILES string of the molecule is COc1ccc(/C=N/n2c(-c3ccc(OC)cc3)cc3c(C#N)c(=O)n(-c4ccc([N+](=O)[O-])cc4)nc3c2=O)cc1. The van der Waals surface area contributed by atoms with Crippen LogP contribution in [0.25, 0.3) is 27.8 Å². The lowest BCUT2D eigenvalue weighted by molar-refractivity contribution is -0.384. The Hall–Kier alpha value is -6.09. The Morgan fingerprint density at radius 2 is 1.54 bits per heavy atom. The molecule has 0 spiro atoms. The van der Waals surface area contributed by atoms with Crippen LogP contribution in [0, 0.1) is 21.4 Å². The Balaban J connectivity index is 1.77. The molecule has 5 rings (SSSR count). The van der Waals surface area contributed by atoms with Crippen molar-refractivity contribution in [1.29, 1.82) is 5.26 Å². The van der Waals surface area contributed by atoms with Crippen LogP contribution < -0.4 is 20.6 Å². The van der Waals surface area contributed by atoms with Gasteiger partial charge in [0, 0.05) is 23.1 Å². The predicted octanol–water partition coefficient (Wildman–Crippen LogP) is 3.89. The van der Waals surface area contributed by atoms with E-state index in [-0.39, 0.29) is 27.8 Å². The molecule has 41 heavy (non-hydrogen) atoms. The highest BCUT2D eigenvalue weighted by Crippen LogP contribution is 2.25. The van der Waals surface area contributed by atoms with Gasteiger partial charge in [-0.3, -0.25) is 19.7 Å². The number of nitro benzene ring substituents is 1. The van der Waals surface area contributed by atoms with Gasteiger partial charge in [-0.05, 0) is 72.3 Å². The van der Waals surface area contributed by atoms with Gasteiger partial charge in [-0.25, -0.2) is 0 Å². The predicted molar refractivity (Wildman–Crippen MR) is 151 cm³/mol. The molecule has 0 amide bonds. The maximum Gasteiger partial charge on any atom is 0.299 e. The van der Waals surface area contributed by atoms with E-state index in [1.54, 1.807) is 55.6 Å². The zero-order chi connectivity index (χ0) is 29.1. The number of rotatable bonds is 7. The van der Waals surface area contributed by atoms with Crippen LogP contribution in [0.4, 0.5) is 5.69 Å². The molecule has 0 N–H and O–H groups in total. The molecule has 0 radical (unpaired) electrons. The molecule has 0 bridgehead atoms. The molecule has 2 aromatic heterocycles. The summed E-state index contributed by atoms with van der Waals surface area (Å²) in [6, 6.07) is 22.3. The molecule has 0 saturated carbocycles. The van der Waals surface area contributed by atoms with Crippen LogP contribution in [0.1, 0.15) is 11.1 Å².